The predicted molar refractivity (Wildman–Crippen MR) is 112 cm³/mol. The van der Waals surface area contributed by atoms with Crippen LogP contribution in [-0.2, 0) is 4.79 Å². The van der Waals surface area contributed by atoms with E-state index in [1.165, 1.54) is 57.8 Å². The second-order valence-electron chi connectivity index (χ2n) is 10.3. The lowest BCUT2D eigenvalue weighted by Crippen LogP contribution is -2.55. The number of nitrogens with zero attached hydrogens (tertiary/aromatic N) is 2. The third-order valence-corrected chi connectivity index (χ3v) is 8.03. The molecule has 0 bridgehead atoms. The minimum atomic E-state index is 0.280. The summed E-state index contributed by atoms with van der Waals surface area (Å²) in [5.74, 6) is 1.89. The normalized spacial score (nSPS) is 40.5. The number of carbonyl (C=O) groups excluding carboxylic acids is 1. The van der Waals surface area contributed by atoms with E-state index < -0.39 is 0 Å². The Morgan fingerprint density at radius 1 is 1.04 bits per heavy atom. The molecule has 1 aliphatic carbocycles. The standard InChI is InChI=1S/C24H40N2O/c1-16-11-18(3)26-21(13-16)7-5-8-22(26)15-20-12-17(2)14-24-23(20)9-6-10-25(24)19(4)27/h16-18,21-22,24H,5-15H2,1-4H3/t16-,17+,18+,21+,22+,24+/m0/s1. The third kappa shape index (κ3) is 3.86. The lowest BCUT2D eigenvalue weighted by atomic mass is 9.73. The van der Waals surface area contributed by atoms with Crippen LogP contribution in [0.15, 0.2) is 11.1 Å². The molecule has 152 valence electrons. The summed E-state index contributed by atoms with van der Waals surface area (Å²) in [4.78, 5) is 17.3. The highest BCUT2D eigenvalue weighted by atomic mass is 16.2. The lowest BCUT2D eigenvalue weighted by Gasteiger charge is -2.51. The minimum absolute atomic E-state index is 0.280. The first kappa shape index (κ1) is 19.5. The molecule has 0 spiro atoms. The molecule has 0 N–H and O–H groups in total. The second kappa shape index (κ2) is 7.89. The highest BCUT2D eigenvalue weighted by Gasteiger charge is 2.40. The van der Waals surface area contributed by atoms with Crippen molar-refractivity contribution >= 4 is 5.91 Å². The molecule has 27 heavy (non-hydrogen) atoms. The van der Waals surface area contributed by atoms with Gasteiger partial charge in [0.2, 0.25) is 5.91 Å². The highest BCUT2D eigenvalue weighted by molar-refractivity contribution is 5.74. The van der Waals surface area contributed by atoms with Crippen LogP contribution in [0.3, 0.4) is 0 Å². The monoisotopic (exact) mass is 372 g/mol. The van der Waals surface area contributed by atoms with E-state index in [1.54, 1.807) is 18.1 Å². The Bertz CT molecular complexity index is 597. The molecule has 3 saturated heterocycles. The van der Waals surface area contributed by atoms with E-state index in [4.69, 9.17) is 0 Å². The van der Waals surface area contributed by atoms with Crippen LogP contribution < -0.4 is 0 Å². The van der Waals surface area contributed by atoms with Gasteiger partial charge in [0, 0.05) is 31.6 Å². The maximum absolute atomic E-state index is 12.2. The summed E-state index contributed by atoms with van der Waals surface area (Å²) in [5, 5.41) is 0. The fourth-order valence-corrected chi connectivity index (χ4v) is 7.14. The van der Waals surface area contributed by atoms with E-state index in [1.807, 2.05) is 0 Å². The first-order valence-corrected chi connectivity index (χ1v) is 11.7. The second-order valence-corrected chi connectivity index (χ2v) is 10.3. The molecule has 0 radical (unpaired) electrons. The average Bonchev–Trinajstić information content (AvgIpc) is 2.60. The van der Waals surface area contributed by atoms with Crippen molar-refractivity contribution in [1.82, 2.24) is 9.80 Å². The first-order valence-electron chi connectivity index (χ1n) is 11.7. The first-order chi connectivity index (χ1) is 12.9. The number of hydrogen-bond acceptors (Lipinski definition) is 2. The van der Waals surface area contributed by atoms with Gasteiger partial charge in [-0.1, -0.05) is 25.8 Å². The zero-order chi connectivity index (χ0) is 19.1. The maximum atomic E-state index is 12.2. The molecule has 0 aromatic rings. The van der Waals surface area contributed by atoms with Gasteiger partial charge in [0.1, 0.15) is 0 Å². The fourth-order valence-electron chi connectivity index (χ4n) is 7.14. The number of amides is 1. The molecule has 3 heterocycles. The van der Waals surface area contributed by atoms with Crippen molar-refractivity contribution in [3.8, 4) is 0 Å². The van der Waals surface area contributed by atoms with Gasteiger partial charge in [0.15, 0.2) is 0 Å². The number of hydrogen-bond donors (Lipinski definition) is 0. The Hall–Kier alpha value is -0.830. The summed E-state index contributed by atoms with van der Waals surface area (Å²) in [6.45, 7) is 10.1. The van der Waals surface area contributed by atoms with Gasteiger partial charge in [-0.05, 0) is 82.1 Å². The number of carbonyl (C=O) groups is 1. The smallest absolute Gasteiger partial charge is 0.219 e. The molecule has 3 heteroatoms. The SMILES string of the molecule is CC(=O)N1CCCC2=C(C[C@H]3CCC[C@@H]4C[C@@H](C)C[C@@H](C)N34)C[C@@H](C)C[C@H]21. The van der Waals surface area contributed by atoms with Crippen molar-refractivity contribution in [1.29, 1.82) is 0 Å². The Morgan fingerprint density at radius 2 is 1.85 bits per heavy atom. The van der Waals surface area contributed by atoms with Gasteiger partial charge in [-0.3, -0.25) is 9.69 Å². The molecular formula is C24H40N2O. The van der Waals surface area contributed by atoms with E-state index in [9.17, 15) is 4.79 Å². The average molecular weight is 373 g/mol. The topological polar surface area (TPSA) is 23.6 Å². The fraction of sp³-hybridized carbons (Fsp3) is 0.875. The van der Waals surface area contributed by atoms with Crippen molar-refractivity contribution < 1.29 is 4.79 Å². The number of likely N-dealkylation sites (tertiary alicyclic amines) is 1. The number of rotatable bonds is 2. The van der Waals surface area contributed by atoms with Crippen LogP contribution in [0.1, 0.15) is 91.9 Å². The Morgan fingerprint density at radius 3 is 2.63 bits per heavy atom. The quantitative estimate of drug-likeness (QED) is 0.625. The van der Waals surface area contributed by atoms with Gasteiger partial charge in [-0.2, -0.15) is 0 Å². The molecule has 0 saturated carbocycles. The molecule has 0 aromatic carbocycles. The van der Waals surface area contributed by atoms with E-state index in [2.05, 4.69) is 30.6 Å². The largest absolute Gasteiger partial charge is 0.336 e. The van der Waals surface area contributed by atoms with Crippen LogP contribution in [0, 0.1) is 11.8 Å². The molecule has 3 nitrogen and oxygen atoms in total. The maximum Gasteiger partial charge on any atom is 0.219 e. The van der Waals surface area contributed by atoms with Crippen molar-refractivity contribution in [3.63, 3.8) is 0 Å². The van der Waals surface area contributed by atoms with Crippen molar-refractivity contribution in [2.45, 2.75) is 116 Å². The van der Waals surface area contributed by atoms with E-state index >= 15 is 0 Å². The molecule has 1 amide bonds. The summed E-state index contributed by atoms with van der Waals surface area (Å²) in [5.41, 5.74) is 3.40. The molecule has 3 fully saturated rings. The van der Waals surface area contributed by atoms with Crippen LogP contribution in [0.4, 0.5) is 0 Å². The Kier molecular flexibility index (Phi) is 5.69. The van der Waals surface area contributed by atoms with E-state index in [-0.39, 0.29) is 5.91 Å². The zero-order valence-electron chi connectivity index (χ0n) is 18.0. The minimum Gasteiger partial charge on any atom is -0.336 e. The molecule has 3 aliphatic heterocycles. The summed E-state index contributed by atoms with van der Waals surface area (Å²) >= 11 is 0. The zero-order valence-corrected chi connectivity index (χ0v) is 18.0. The van der Waals surface area contributed by atoms with Crippen LogP contribution in [0.25, 0.3) is 0 Å². The number of piperidine rings is 3. The summed E-state index contributed by atoms with van der Waals surface area (Å²) in [6.07, 6.45) is 13.1. The Labute approximate surface area is 166 Å². The van der Waals surface area contributed by atoms with Crippen LogP contribution in [0.5, 0.6) is 0 Å². The molecule has 4 rings (SSSR count). The van der Waals surface area contributed by atoms with Gasteiger partial charge in [-0.25, -0.2) is 0 Å². The highest BCUT2D eigenvalue weighted by Crippen LogP contribution is 2.43. The van der Waals surface area contributed by atoms with Crippen molar-refractivity contribution in [3.05, 3.63) is 11.1 Å². The number of fused-ring (bicyclic) bond motifs is 2. The van der Waals surface area contributed by atoms with Gasteiger partial charge in [0.25, 0.3) is 0 Å². The van der Waals surface area contributed by atoms with Crippen LogP contribution in [-0.4, -0.2) is 46.4 Å². The predicted octanol–water partition coefficient (Wildman–Crippen LogP) is 5.16. The van der Waals surface area contributed by atoms with Crippen molar-refractivity contribution in [2.75, 3.05) is 6.54 Å². The van der Waals surface area contributed by atoms with E-state index in [0.717, 1.165) is 37.0 Å². The third-order valence-electron chi connectivity index (χ3n) is 8.03. The molecule has 0 unspecified atom stereocenters. The van der Waals surface area contributed by atoms with Gasteiger partial charge < -0.3 is 4.90 Å². The Balaban J connectivity index is 1.57. The van der Waals surface area contributed by atoms with Crippen LogP contribution in [0.2, 0.25) is 0 Å². The molecule has 6 atom stereocenters. The van der Waals surface area contributed by atoms with E-state index in [0.29, 0.717) is 12.0 Å². The summed E-state index contributed by atoms with van der Waals surface area (Å²) < 4.78 is 0. The van der Waals surface area contributed by atoms with Gasteiger partial charge in [0.05, 0.1) is 6.04 Å². The molecule has 4 aliphatic rings. The van der Waals surface area contributed by atoms with Gasteiger partial charge in [-0.15, -0.1) is 0 Å². The molecule has 0 aromatic heterocycles. The van der Waals surface area contributed by atoms with Gasteiger partial charge >= 0.3 is 0 Å². The van der Waals surface area contributed by atoms with Crippen LogP contribution >= 0.6 is 0 Å². The van der Waals surface area contributed by atoms with Crippen molar-refractivity contribution in [2.24, 2.45) is 11.8 Å². The lowest BCUT2D eigenvalue weighted by molar-refractivity contribution is -0.131. The summed E-state index contributed by atoms with van der Waals surface area (Å²) in [7, 11) is 0. The molecular weight excluding hydrogens is 332 g/mol. The summed E-state index contributed by atoms with van der Waals surface area (Å²) in [6, 6.07) is 2.72.